The fourth-order valence-electron chi connectivity index (χ4n) is 2.06. The van der Waals surface area contributed by atoms with Crippen molar-refractivity contribution in [2.24, 2.45) is 0 Å². The maximum Gasteiger partial charge on any atom is 0.0842 e. The van der Waals surface area contributed by atoms with E-state index in [1.807, 2.05) is 24.3 Å². The largest absolute Gasteiger partial charge is 0.390 e. The Hall–Kier alpha value is -0.570. The lowest BCUT2D eigenvalue weighted by Crippen LogP contribution is -2.33. The summed E-state index contributed by atoms with van der Waals surface area (Å²) in [6.45, 7) is 0.780. The summed E-state index contributed by atoms with van der Waals surface area (Å²) < 4.78 is 5.56. The maximum absolute atomic E-state index is 10.0. The van der Waals surface area contributed by atoms with Crippen molar-refractivity contribution >= 4 is 11.6 Å². The first kappa shape index (κ1) is 11.9. The Kier molecular flexibility index (Phi) is 4.22. The molecular formula is C13H17ClO2. The van der Waals surface area contributed by atoms with Crippen molar-refractivity contribution in [3.05, 3.63) is 34.9 Å². The monoisotopic (exact) mass is 240 g/mol. The molecule has 1 aliphatic heterocycles. The molecule has 3 heteroatoms. The van der Waals surface area contributed by atoms with Crippen molar-refractivity contribution in [2.75, 3.05) is 6.61 Å². The molecule has 2 rings (SSSR count). The summed E-state index contributed by atoms with van der Waals surface area (Å²) >= 11 is 5.81. The summed E-state index contributed by atoms with van der Waals surface area (Å²) in [4.78, 5) is 0. The van der Waals surface area contributed by atoms with Crippen LogP contribution in [-0.2, 0) is 11.2 Å². The number of hydrogen-bond donors (Lipinski definition) is 1. The predicted molar refractivity (Wildman–Crippen MR) is 64.8 cm³/mol. The molecule has 1 aliphatic rings. The second-order valence-corrected chi connectivity index (χ2v) is 4.74. The molecule has 1 aromatic rings. The molecule has 1 fully saturated rings. The van der Waals surface area contributed by atoms with E-state index in [2.05, 4.69) is 0 Å². The van der Waals surface area contributed by atoms with E-state index in [9.17, 15) is 5.11 Å². The zero-order chi connectivity index (χ0) is 11.4. The Labute approximate surface area is 101 Å². The highest BCUT2D eigenvalue weighted by Gasteiger charge is 2.22. The average Bonchev–Trinajstić information content (AvgIpc) is 2.33. The Morgan fingerprint density at radius 3 is 2.69 bits per heavy atom. The zero-order valence-electron chi connectivity index (χ0n) is 9.23. The highest BCUT2D eigenvalue weighted by Crippen LogP contribution is 2.19. The van der Waals surface area contributed by atoms with Gasteiger partial charge in [0.15, 0.2) is 0 Å². The fraction of sp³-hybridized carbons (Fsp3) is 0.538. The standard InChI is InChI=1S/C13H17ClO2/c14-11-6-4-10(5-7-11)9-12(15)13-3-1-2-8-16-13/h4-7,12-13,15H,1-3,8-9H2. The minimum atomic E-state index is -0.401. The number of benzene rings is 1. The molecular weight excluding hydrogens is 224 g/mol. The van der Waals surface area contributed by atoms with Crippen LogP contribution in [0.3, 0.4) is 0 Å². The van der Waals surface area contributed by atoms with Gasteiger partial charge in [0.1, 0.15) is 0 Å². The van der Waals surface area contributed by atoms with Crippen molar-refractivity contribution in [1.82, 2.24) is 0 Å². The Morgan fingerprint density at radius 1 is 1.31 bits per heavy atom. The summed E-state index contributed by atoms with van der Waals surface area (Å²) in [7, 11) is 0. The van der Waals surface area contributed by atoms with Crippen molar-refractivity contribution in [3.63, 3.8) is 0 Å². The lowest BCUT2D eigenvalue weighted by atomic mass is 9.98. The van der Waals surface area contributed by atoms with Gasteiger partial charge < -0.3 is 9.84 Å². The molecule has 1 saturated heterocycles. The first-order chi connectivity index (χ1) is 7.75. The molecule has 16 heavy (non-hydrogen) atoms. The molecule has 1 heterocycles. The van der Waals surface area contributed by atoms with Crippen LogP contribution in [-0.4, -0.2) is 23.9 Å². The molecule has 0 aliphatic carbocycles. The predicted octanol–water partition coefficient (Wildman–Crippen LogP) is 2.81. The molecule has 0 radical (unpaired) electrons. The van der Waals surface area contributed by atoms with Gasteiger partial charge in [-0.2, -0.15) is 0 Å². The van der Waals surface area contributed by atoms with Gasteiger partial charge in [0.05, 0.1) is 12.2 Å². The van der Waals surface area contributed by atoms with Crippen LogP contribution >= 0.6 is 11.6 Å². The van der Waals surface area contributed by atoms with Gasteiger partial charge in [-0.15, -0.1) is 0 Å². The first-order valence-corrected chi connectivity index (χ1v) is 6.17. The average molecular weight is 241 g/mol. The smallest absolute Gasteiger partial charge is 0.0842 e. The van der Waals surface area contributed by atoms with Crippen molar-refractivity contribution < 1.29 is 9.84 Å². The summed E-state index contributed by atoms with van der Waals surface area (Å²) in [5, 5.41) is 10.8. The molecule has 2 atom stereocenters. The van der Waals surface area contributed by atoms with E-state index in [1.54, 1.807) is 0 Å². The van der Waals surface area contributed by atoms with Crippen LogP contribution in [0.5, 0.6) is 0 Å². The van der Waals surface area contributed by atoms with E-state index in [0.29, 0.717) is 6.42 Å². The zero-order valence-corrected chi connectivity index (χ0v) is 9.99. The Bertz CT molecular complexity index is 317. The molecule has 0 aromatic heterocycles. The van der Waals surface area contributed by atoms with Crippen LogP contribution in [0.4, 0.5) is 0 Å². The molecule has 88 valence electrons. The van der Waals surface area contributed by atoms with Crippen molar-refractivity contribution in [1.29, 1.82) is 0 Å². The lowest BCUT2D eigenvalue weighted by Gasteiger charge is -2.27. The van der Waals surface area contributed by atoms with Crippen molar-refractivity contribution in [2.45, 2.75) is 37.9 Å². The quantitative estimate of drug-likeness (QED) is 0.881. The number of ether oxygens (including phenoxy) is 1. The van der Waals surface area contributed by atoms with Crippen LogP contribution in [0.1, 0.15) is 24.8 Å². The second kappa shape index (κ2) is 5.67. The third-order valence-corrected chi connectivity index (χ3v) is 3.25. The first-order valence-electron chi connectivity index (χ1n) is 5.80. The number of rotatable bonds is 3. The summed E-state index contributed by atoms with van der Waals surface area (Å²) in [6, 6.07) is 7.61. The minimum Gasteiger partial charge on any atom is -0.390 e. The van der Waals surface area contributed by atoms with E-state index >= 15 is 0 Å². The third kappa shape index (κ3) is 3.21. The molecule has 2 nitrogen and oxygen atoms in total. The SMILES string of the molecule is OC(Cc1ccc(Cl)cc1)C1CCCCO1. The van der Waals surface area contributed by atoms with Gasteiger partial charge in [-0.05, 0) is 37.0 Å². The summed E-state index contributed by atoms with van der Waals surface area (Å²) in [5.74, 6) is 0. The Morgan fingerprint density at radius 2 is 2.06 bits per heavy atom. The maximum atomic E-state index is 10.0. The molecule has 2 unspecified atom stereocenters. The summed E-state index contributed by atoms with van der Waals surface area (Å²) in [5.41, 5.74) is 1.10. The normalized spacial score (nSPS) is 23.0. The summed E-state index contributed by atoms with van der Waals surface area (Å²) in [6.07, 6.45) is 3.48. The van der Waals surface area contributed by atoms with Gasteiger partial charge in [-0.3, -0.25) is 0 Å². The molecule has 0 saturated carbocycles. The molecule has 0 spiro atoms. The second-order valence-electron chi connectivity index (χ2n) is 4.30. The van der Waals surface area contributed by atoms with Gasteiger partial charge in [-0.25, -0.2) is 0 Å². The molecule has 1 aromatic carbocycles. The third-order valence-electron chi connectivity index (χ3n) is 3.00. The van der Waals surface area contributed by atoms with Gasteiger partial charge >= 0.3 is 0 Å². The van der Waals surface area contributed by atoms with Gasteiger partial charge in [-0.1, -0.05) is 23.7 Å². The fourth-order valence-corrected chi connectivity index (χ4v) is 2.19. The van der Waals surface area contributed by atoms with Crippen molar-refractivity contribution in [3.8, 4) is 0 Å². The highest BCUT2D eigenvalue weighted by molar-refractivity contribution is 6.30. The van der Waals surface area contributed by atoms with Crippen LogP contribution < -0.4 is 0 Å². The van der Waals surface area contributed by atoms with Crippen LogP contribution in [0.15, 0.2) is 24.3 Å². The van der Waals surface area contributed by atoms with E-state index in [0.717, 1.165) is 36.5 Å². The van der Waals surface area contributed by atoms with E-state index in [4.69, 9.17) is 16.3 Å². The van der Waals surface area contributed by atoms with Gasteiger partial charge in [0.2, 0.25) is 0 Å². The number of aliphatic hydroxyl groups is 1. The number of aliphatic hydroxyl groups excluding tert-OH is 1. The van der Waals surface area contributed by atoms with Crippen LogP contribution in [0.2, 0.25) is 5.02 Å². The van der Waals surface area contributed by atoms with E-state index in [1.165, 1.54) is 0 Å². The minimum absolute atomic E-state index is 0.00410. The Balaban J connectivity index is 1.90. The van der Waals surface area contributed by atoms with Crippen LogP contribution in [0.25, 0.3) is 0 Å². The topological polar surface area (TPSA) is 29.5 Å². The highest BCUT2D eigenvalue weighted by atomic mass is 35.5. The van der Waals surface area contributed by atoms with E-state index in [-0.39, 0.29) is 6.10 Å². The number of hydrogen-bond acceptors (Lipinski definition) is 2. The van der Waals surface area contributed by atoms with E-state index < -0.39 is 6.10 Å². The van der Waals surface area contributed by atoms with Gasteiger partial charge in [0, 0.05) is 18.1 Å². The van der Waals surface area contributed by atoms with Crippen LogP contribution in [0, 0.1) is 0 Å². The molecule has 0 amide bonds. The lowest BCUT2D eigenvalue weighted by molar-refractivity contribution is -0.0611. The number of halogens is 1. The molecule has 0 bridgehead atoms. The van der Waals surface area contributed by atoms with Gasteiger partial charge in [0.25, 0.3) is 0 Å². The molecule has 1 N–H and O–H groups in total.